The van der Waals surface area contributed by atoms with E-state index in [9.17, 15) is 33.6 Å². The number of benzene rings is 2. The standard InChI is InChI=1S/C43H54O19Si/c1-24(44)51-22-33-36(53-26(3)46)38(54-27(4)47)41(57-30(7)50)43(59-33)61-37-34(23-52-25(2)45)58-42(40(56-29(6)49)39(37)55-28(5)48)60-35-20-14-15-21-63(62-35,31-16-10-8-11-17-31)32-18-12-9-13-19-32/h8-13,16-19,33-43H,14-15,20-23H2,1-7H3/t33-,34-,35?,36+,37-,38+,39+,40-,41-,42?,43+/m1/s1. The average molecular weight is 903 g/mol. The van der Waals surface area contributed by atoms with Gasteiger partial charge in [-0.25, -0.2) is 0 Å². The van der Waals surface area contributed by atoms with Crippen LogP contribution in [0.15, 0.2) is 60.7 Å². The van der Waals surface area contributed by atoms with Crippen LogP contribution in [0.2, 0.25) is 6.04 Å². The van der Waals surface area contributed by atoms with Crippen molar-refractivity contribution in [1.82, 2.24) is 0 Å². The van der Waals surface area contributed by atoms with Crippen molar-refractivity contribution in [3.05, 3.63) is 60.7 Å². The number of carbonyl (C=O) groups is 7. The van der Waals surface area contributed by atoms with Gasteiger partial charge in [0.25, 0.3) is 8.32 Å². The Hall–Kier alpha value is -5.25. The molecule has 2 aromatic carbocycles. The summed E-state index contributed by atoms with van der Waals surface area (Å²) in [4.78, 5) is 87.6. The van der Waals surface area contributed by atoms with Crippen LogP contribution in [-0.2, 0) is 90.1 Å². The van der Waals surface area contributed by atoms with E-state index in [1.165, 1.54) is 0 Å². The molecular weight excluding hydrogens is 849 g/mol. The van der Waals surface area contributed by atoms with Gasteiger partial charge in [0, 0.05) is 48.5 Å². The van der Waals surface area contributed by atoms with Crippen molar-refractivity contribution in [3.8, 4) is 0 Å². The van der Waals surface area contributed by atoms with Crippen LogP contribution in [-0.4, -0.2) is 131 Å². The molecule has 0 saturated carbocycles. The van der Waals surface area contributed by atoms with Gasteiger partial charge < -0.3 is 56.5 Å². The summed E-state index contributed by atoms with van der Waals surface area (Å²) in [5.74, 6) is -5.85. The Balaban J connectivity index is 1.58. The molecule has 0 spiro atoms. The lowest BCUT2D eigenvalue weighted by Gasteiger charge is -2.49. The quantitative estimate of drug-likeness (QED) is 0.141. The summed E-state index contributed by atoms with van der Waals surface area (Å²) in [6.07, 6.45) is -15.0. The first-order valence-corrected chi connectivity index (χ1v) is 22.6. The summed E-state index contributed by atoms with van der Waals surface area (Å²) < 4.78 is 71.8. The Bertz CT molecular complexity index is 1870. The lowest BCUT2D eigenvalue weighted by molar-refractivity contribution is -0.370. The third-order valence-corrected chi connectivity index (χ3v) is 14.5. The predicted molar refractivity (Wildman–Crippen MR) is 216 cm³/mol. The summed E-state index contributed by atoms with van der Waals surface area (Å²) in [6, 6.07) is 20.4. The molecule has 20 heteroatoms. The molecule has 19 nitrogen and oxygen atoms in total. The smallest absolute Gasteiger partial charge is 0.303 e. The van der Waals surface area contributed by atoms with Crippen LogP contribution in [0.3, 0.4) is 0 Å². The maximum Gasteiger partial charge on any atom is 0.303 e. The third-order valence-electron chi connectivity index (χ3n) is 10.2. The van der Waals surface area contributed by atoms with Crippen molar-refractivity contribution in [3.63, 3.8) is 0 Å². The van der Waals surface area contributed by atoms with Crippen LogP contribution in [0.1, 0.15) is 67.7 Å². The second-order valence-electron chi connectivity index (χ2n) is 15.2. The Morgan fingerprint density at radius 2 is 0.889 bits per heavy atom. The topological polar surface area (TPSA) is 230 Å². The van der Waals surface area contributed by atoms with Gasteiger partial charge in [0.1, 0.15) is 31.5 Å². The number of carbonyl (C=O) groups excluding carboxylic acids is 7. The van der Waals surface area contributed by atoms with Crippen LogP contribution in [0.4, 0.5) is 0 Å². The third kappa shape index (κ3) is 13.1. The van der Waals surface area contributed by atoms with E-state index in [1.54, 1.807) is 0 Å². The second kappa shape index (κ2) is 22.4. The molecule has 5 rings (SSSR count). The van der Waals surface area contributed by atoms with Crippen LogP contribution in [0, 0.1) is 0 Å². The number of esters is 7. The van der Waals surface area contributed by atoms with Crippen molar-refractivity contribution in [2.45, 2.75) is 141 Å². The zero-order chi connectivity index (χ0) is 45.8. The Labute approximate surface area is 365 Å². The van der Waals surface area contributed by atoms with E-state index >= 15 is 0 Å². The molecule has 3 fully saturated rings. The van der Waals surface area contributed by atoms with Gasteiger partial charge in [-0.3, -0.25) is 33.6 Å². The maximum atomic E-state index is 13.0. The zero-order valence-corrected chi connectivity index (χ0v) is 37.1. The van der Waals surface area contributed by atoms with Crippen molar-refractivity contribution < 1.29 is 90.1 Å². The van der Waals surface area contributed by atoms with E-state index in [0.29, 0.717) is 12.8 Å². The molecule has 3 saturated heterocycles. The van der Waals surface area contributed by atoms with Gasteiger partial charge in [0.15, 0.2) is 43.1 Å². The lowest BCUT2D eigenvalue weighted by Crippen LogP contribution is -2.67. The molecular formula is C43H54O19Si. The van der Waals surface area contributed by atoms with Gasteiger partial charge in [0.05, 0.1) is 0 Å². The molecule has 344 valence electrons. The van der Waals surface area contributed by atoms with Gasteiger partial charge in [-0.05, 0) is 29.3 Å². The van der Waals surface area contributed by atoms with E-state index < -0.39 is 131 Å². The first-order chi connectivity index (χ1) is 30.0. The maximum absolute atomic E-state index is 13.0. The average Bonchev–Trinajstić information content (AvgIpc) is 3.43. The summed E-state index contributed by atoms with van der Waals surface area (Å²) in [5, 5.41) is 1.99. The van der Waals surface area contributed by atoms with Gasteiger partial charge in [-0.15, -0.1) is 0 Å². The molecule has 3 aliphatic heterocycles. The summed E-state index contributed by atoms with van der Waals surface area (Å²) in [6.45, 7) is 6.50. The highest BCUT2D eigenvalue weighted by molar-refractivity contribution is 6.97. The molecule has 3 heterocycles. The molecule has 2 aromatic rings. The van der Waals surface area contributed by atoms with Crippen molar-refractivity contribution >= 4 is 60.5 Å². The van der Waals surface area contributed by atoms with Gasteiger partial charge >= 0.3 is 41.8 Å². The molecule has 3 aliphatic rings. The van der Waals surface area contributed by atoms with Crippen molar-refractivity contribution in [1.29, 1.82) is 0 Å². The summed E-state index contributed by atoms with van der Waals surface area (Å²) in [5.41, 5.74) is 0. The molecule has 0 N–H and O–H groups in total. The van der Waals surface area contributed by atoms with E-state index in [4.69, 9.17) is 56.5 Å². The fourth-order valence-electron chi connectivity index (χ4n) is 7.86. The highest BCUT2D eigenvalue weighted by Crippen LogP contribution is 2.37. The summed E-state index contributed by atoms with van der Waals surface area (Å²) in [7, 11) is -3.02. The monoisotopic (exact) mass is 902 g/mol. The number of rotatable bonds is 15. The Morgan fingerprint density at radius 1 is 0.492 bits per heavy atom. The Kier molecular flexibility index (Phi) is 17.3. The number of hydrogen-bond acceptors (Lipinski definition) is 19. The van der Waals surface area contributed by atoms with E-state index in [0.717, 1.165) is 71.3 Å². The van der Waals surface area contributed by atoms with Gasteiger partial charge in [0.2, 0.25) is 6.29 Å². The molecule has 0 aliphatic carbocycles. The minimum Gasteiger partial charge on any atom is -0.463 e. The van der Waals surface area contributed by atoms with E-state index in [2.05, 4.69) is 0 Å². The minimum absolute atomic E-state index is 0.387. The second-order valence-corrected chi connectivity index (χ2v) is 18.7. The van der Waals surface area contributed by atoms with Crippen molar-refractivity contribution in [2.75, 3.05) is 13.2 Å². The molecule has 0 amide bonds. The molecule has 0 radical (unpaired) electrons. The number of hydrogen-bond donors (Lipinski definition) is 0. The largest absolute Gasteiger partial charge is 0.463 e. The van der Waals surface area contributed by atoms with Gasteiger partial charge in [-0.1, -0.05) is 67.1 Å². The molecule has 2 unspecified atom stereocenters. The molecule has 11 atom stereocenters. The fourth-order valence-corrected chi connectivity index (χ4v) is 12.0. The SMILES string of the molecule is CC(=O)OC[C@H]1O[C@@H](O[C@H]2[C@H](OC(C)=O)[C@@H](OC(C)=O)C(OC3CCCC[Si](c4ccccc4)(c4ccccc4)O3)O[C@@H]2COC(C)=O)[C@H](OC(C)=O)[C@@H](OC(C)=O)[C@H]1OC(C)=O. The molecule has 0 bridgehead atoms. The molecule has 63 heavy (non-hydrogen) atoms. The van der Waals surface area contributed by atoms with E-state index in [1.807, 2.05) is 60.7 Å². The Morgan fingerprint density at radius 3 is 1.33 bits per heavy atom. The van der Waals surface area contributed by atoms with Crippen LogP contribution in [0.5, 0.6) is 0 Å². The van der Waals surface area contributed by atoms with Crippen LogP contribution in [0.25, 0.3) is 0 Å². The summed E-state index contributed by atoms with van der Waals surface area (Å²) >= 11 is 0. The number of ether oxygens (including phenoxy) is 11. The lowest BCUT2D eigenvalue weighted by atomic mass is 9.96. The highest BCUT2D eigenvalue weighted by atomic mass is 28.4. The van der Waals surface area contributed by atoms with Crippen LogP contribution >= 0.6 is 0 Å². The minimum atomic E-state index is -3.02. The fraction of sp³-hybridized carbons (Fsp3) is 0.558. The van der Waals surface area contributed by atoms with E-state index in [-0.39, 0.29) is 0 Å². The predicted octanol–water partition coefficient (Wildman–Crippen LogP) is 1.91. The van der Waals surface area contributed by atoms with Crippen LogP contribution < -0.4 is 10.4 Å². The first-order valence-electron chi connectivity index (χ1n) is 20.5. The highest BCUT2D eigenvalue weighted by Gasteiger charge is 2.58. The zero-order valence-electron chi connectivity index (χ0n) is 36.1. The first kappa shape index (κ1) is 48.8. The van der Waals surface area contributed by atoms with Crippen molar-refractivity contribution in [2.24, 2.45) is 0 Å². The normalized spacial score (nSPS) is 29.1. The molecule has 0 aromatic heterocycles. The van der Waals surface area contributed by atoms with Gasteiger partial charge in [-0.2, -0.15) is 0 Å².